The predicted octanol–water partition coefficient (Wildman–Crippen LogP) is 2.60. The summed E-state index contributed by atoms with van der Waals surface area (Å²) in [5.74, 6) is 1.11. The largest absolute Gasteiger partial charge is 0.353 e. The second-order valence-electron chi connectivity index (χ2n) is 5.73. The fourth-order valence-corrected chi connectivity index (χ4v) is 3.95. The summed E-state index contributed by atoms with van der Waals surface area (Å²) in [6.45, 7) is 3.10. The zero-order valence-corrected chi connectivity index (χ0v) is 13.8. The van der Waals surface area contributed by atoms with Crippen molar-refractivity contribution in [2.45, 2.75) is 0 Å². The minimum absolute atomic E-state index is 0.122. The number of amides is 1. The van der Waals surface area contributed by atoms with Crippen LogP contribution < -0.4 is 4.90 Å². The summed E-state index contributed by atoms with van der Waals surface area (Å²) in [7, 11) is 1.96. The van der Waals surface area contributed by atoms with Crippen LogP contribution >= 0.6 is 11.3 Å². The van der Waals surface area contributed by atoms with Gasteiger partial charge in [-0.1, -0.05) is 6.07 Å². The van der Waals surface area contributed by atoms with Gasteiger partial charge in [-0.15, -0.1) is 11.3 Å². The molecule has 3 aromatic rings. The first kappa shape index (κ1) is 14.3. The number of thiophene rings is 1. The number of pyridine rings is 1. The molecule has 0 bridgehead atoms. The standard InChI is InChI=1S/C17H18N4OS/c1-19-13-5-11-23-15(13)12-14(19)17(22)21-9-7-20(8-10-21)16-4-2-3-6-18-16/h2-6,11-12H,7-10H2,1H3. The maximum Gasteiger partial charge on any atom is 0.270 e. The van der Waals surface area contributed by atoms with Gasteiger partial charge in [-0.3, -0.25) is 4.79 Å². The number of rotatable bonds is 2. The van der Waals surface area contributed by atoms with Crippen molar-refractivity contribution >= 4 is 33.3 Å². The van der Waals surface area contributed by atoms with E-state index in [9.17, 15) is 4.79 Å². The van der Waals surface area contributed by atoms with Gasteiger partial charge in [0.2, 0.25) is 0 Å². The Labute approximate surface area is 138 Å². The van der Waals surface area contributed by atoms with Crippen LogP contribution in [0.4, 0.5) is 5.82 Å². The molecule has 4 heterocycles. The van der Waals surface area contributed by atoms with Crippen molar-refractivity contribution in [3.8, 4) is 0 Å². The Hall–Kier alpha value is -2.34. The molecule has 1 aliphatic heterocycles. The topological polar surface area (TPSA) is 41.4 Å². The van der Waals surface area contributed by atoms with E-state index in [0.717, 1.165) is 43.2 Å². The third-order valence-corrected chi connectivity index (χ3v) is 5.28. The highest BCUT2D eigenvalue weighted by atomic mass is 32.1. The molecular weight excluding hydrogens is 308 g/mol. The summed E-state index contributed by atoms with van der Waals surface area (Å²) in [5.41, 5.74) is 1.91. The van der Waals surface area contributed by atoms with E-state index in [1.807, 2.05) is 47.0 Å². The molecule has 1 aliphatic rings. The van der Waals surface area contributed by atoms with Gasteiger partial charge < -0.3 is 14.4 Å². The van der Waals surface area contributed by atoms with Gasteiger partial charge in [0.15, 0.2) is 0 Å². The van der Waals surface area contributed by atoms with Crippen LogP contribution in [0.5, 0.6) is 0 Å². The third-order valence-electron chi connectivity index (χ3n) is 4.42. The minimum Gasteiger partial charge on any atom is -0.353 e. The molecule has 23 heavy (non-hydrogen) atoms. The fraction of sp³-hybridized carbons (Fsp3) is 0.294. The van der Waals surface area contributed by atoms with E-state index >= 15 is 0 Å². The summed E-state index contributed by atoms with van der Waals surface area (Å²) in [6, 6.07) is 10.0. The van der Waals surface area contributed by atoms with Crippen molar-refractivity contribution in [2.75, 3.05) is 31.1 Å². The number of hydrogen-bond acceptors (Lipinski definition) is 4. The number of piperazine rings is 1. The van der Waals surface area contributed by atoms with Gasteiger partial charge in [0.1, 0.15) is 11.5 Å². The first-order valence-electron chi connectivity index (χ1n) is 7.72. The van der Waals surface area contributed by atoms with Crippen LogP contribution in [0.25, 0.3) is 10.2 Å². The molecule has 0 N–H and O–H groups in total. The minimum atomic E-state index is 0.122. The molecule has 118 valence electrons. The van der Waals surface area contributed by atoms with Gasteiger partial charge in [0.25, 0.3) is 5.91 Å². The Kier molecular flexibility index (Phi) is 3.53. The lowest BCUT2D eigenvalue weighted by atomic mass is 10.2. The van der Waals surface area contributed by atoms with Crippen LogP contribution in [0.3, 0.4) is 0 Å². The first-order valence-corrected chi connectivity index (χ1v) is 8.60. The van der Waals surface area contributed by atoms with Gasteiger partial charge in [-0.05, 0) is 29.6 Å². The molecule has 1 amide bonds. The van der Waals surface area contributed by atoms with Crippen LogP contribution in [0.15, 0.2) is 41.9 Å². The zero-order chi connectivity index (χ0) is 15.8. The molecule has 0 aromatic carbocycles. The van der Waals surface area contributed by atoms with Crippen molar-refractivity contribution in [1.82, 2.24) is 14.5 Å². The monoisotopic (exact) mass is 326 g/mol. The number of hydrogen-bond donors (Lipinski definition) is 0. The molecule has 0 spiro atoms. The highest BCUT2D eigenvalue weighted by Gasteiger charge is 2.25. The Morgan fingerprint density at radius 2 is 2.00 bits per heavy atom. The van der Waals surface area contributed by atoms with E-state index in [1.54, 1.807) is 11.3 Å². The maximum absolute atomic E-state index is 12.8. The van der Waals surface area contributed by atoms with E-state index in [-0.39, 0.29) is 5.91 Å². The van der Waals surface area contributed by atoms with Gasteiger partial charge in [0.05, 0.1) is 10.2 Å². The second kappa shape index (κ2) is 5.70. The van der Waals surface area contributed by atoms with Crippen molar-refractivity contribution in [3.63, 3.8) is 0 Å². The molecule has 1 fully saturated rings. The van der Waals surface area contributed by atoms with Gasteiger partial charge in [-0.25, -0.2) is 4.98 Å². The number of carbonyl (C=O) groups excluding carboxylic acids is 1. The van der Waals surface area contributed by atoms with Crippen molar-refractivity contribution in [2.24, 2.45) is 7.05 Å². The summed E-state index contributed by atoms with van der Waals surface area (Å²) in [5, 5.41) is 2.06. The van der Waals surface area contributed by atoms with Crippen LogP contribution in [-0.2, 0) is 7.05 Å². The highest BCUT2D eigenvalue weighted by Crippen LogP contribution is 2.25. The summed E-state index contributed by atoms with van der Waals surface area (Å²) >= 11 is 1.68. The molecule has 0 atom stereocenters. The lowest BCUT2D eigenvalue weighted by Crippen LogP contribution is -2.49. The Bertz CT molecular complexity index is 831. The van der Waals surface area contributed by atoms with Gasteiger partial charge in [0, 0.05) is 39.4 Å². The molecular formula is C17H18N4OS. The fourth-order valence-electron chi connectivity index (χ4n) is 3.10. The molecule has 4 rings (SSSR count). The SMILES string of the molecule is Cn1c(C(=O)N2CCN(c3ccccn3)CC2)cc2sccc21. The smallest absolute Gasteiger partial charge is 0.270 e. The first-order chi connectivity index (χ1) is 11.2. The average Bonchev–Trinajstić information content (AvgIpc) is 3.18. The van der Waals surface area contributed by atoms with E-state index in [2.05, 4.69) is 21.3 Å². The summed E-state index contributed by atoms with van der Waals surface area (Å²) in [6.07, 6.45) is 1.81. The average molecular weight is 326 g/mol. The molecule has 0 radical (unpaired) electrons. The molecule has 1 saturated heterocycles. The Balaban J connectivity index is 1.48. The summed E-state index contributed by atoms with van der Waals surface area (Å²) in [4.78, 5) is 21.4. The molecule has 5 nitrogen and oxygen atoms in total. The molecule has 3 aromatic heterocycles. The van der Waals surface area contributed by atoms with Crippen molar-refractivity contribution in [1.29, 1.82) is 0 Å². The molecule has 0 aliphatic carbocycles. The number of carbonyl (C=O) groups is 1. The van der Waals surface area contributed by atoms with Crippen LogP contribution in [0.2, 0.25) is 0 Å². The van der Waals surface area contributed by atoms with E-state index < -0.39 is 0 Å². The lowest BCUT2D eigenvalue weighted by Gasteiger charge is -2.35. The predicted molar refractivity (Wildman–Crippen MR) is 93.1 cm³/mol. The highest BCUT2D eigenvalue weighted by molar-refractivity contribution is 7.17. The number of nitrogens with zero attached hydrogens (tertiary/aromatic N) is 4. The van der Waals surface area contributed by atoms with Crippen LogP contribution in [0.1, 0.15) is 10.5 Å². The number of anilines is 1. The van der Waals surface area contributed by atoms with E-state index in [0.29, 0.717) is 0 Å². The lowest BCUT2D eigenvalue weighted by molar-refractivity contribution is 0.0737. The zero-order valence-electron chi connectivity index (χ0n) is 13.0. The molecule has 0 saturated carbocycles. The molecule has 6 heteroatoms. The Morgan fingerprint density at radius 3 is 2.70 bits per heavy atom. The van der Waals surface area contributed by atoms with Crippen LogP contribution in [-0.4, -0.2) is 46.5 Å². The normalized spacial score (nSPS) is 15.3. The van der Waals surface area contributed by atoms with Crippen molar-refractivity contribution in [3.05, 3.63) is 47.6 Å². The van der Waals surface area contributed by atoms with Gasteiger partial charge in [-0.2, -0.15) is 0 Å². The Morgan fingerprint density at radius 1 is 1.17 bits per heavy atom. The maximum atomic E-state index is 12.8. The summed E-state index contributed by atoms with van der Waals surface area (Å²) < 4.78 is 3.17. The van der Waals surface area contributed by atoms with E-state index in [4.69, 9.17) is 0 Å². The molecule has 0 unspecified atom stereocenters. The second-order valence-corrected chi connectivity index (χ2v) is 6.67. The number of aryl methyl sites for hydroxylation is 1. The quantitative estimate of drug-likeness (QED) is 0.727. The van der Waals surface area contributed by atoms with Gasteiger partial charge >= 0.3 is 0 Å². The number of fused-ring (bicyclic) bond motifs is 1. The van der Waals surface area contributed by atoms with E-state index in [1.165, 1.54) is 4.70 Å². The van der Waals surface area contributed by atoms with Crippen molar-refractivity contribution < 1.29 is 4.79 Å². The number of aromatic nitrogens is 2. The third kappa shape index (κ3) is 2.49. The van der Waals surface area contributed by atoms with Crippen LogP contribution in [0, 0.1) is 0 Å².